The number of nitrogens with two attached hydrogens (primary N) is 1. The molecule has 1 fully saturated rings. The molecule has 1 amide bonds. The van der Waals surface area contributed by atoms with E-state index in [4.69, 9.17) is 15.6 Å². The van der Waals surface area contributed by atoms with E-state index < -0.39 is 12.0 Å². The zero-order chi connectivity index (χ0) is 13.7. The average molecular weight is 258 g/mol. The van der Waals surface area contributed by atoms with E-state index in [1.165, 1.54) is 4.90 Å². The van der Waals surface area contributed by atoms with Crippen molar-refractivity contribution in [3.8, 4) is 0 Å². The topological polar surface area (TPSA) is 92.9 Å². The summed E-state index contributed by atoms with van der Waals surface area (Å²) in [6.07, 6.45) is 0.680. The SMILES string of the molecule is CC(C)CC(CN)C(=O)N1CCOCC1C(=O)O. The van der Waals surface area contributed by atoms with Crippen molar-refractivity contribution >= 4 is 11.9 Å². The number of carboxylic acids is 1. The van der Waals surface area contributed by atoms with Crippen LogP contribution < -0.4 is 5.73 Å². The molecule has 6 heteroatoms. The van der Waals surface area contributed by atoms with Crippen LogP contribution in [-0.4, -0.2) is 54.2 Å². The summed E-state index contributed by atoms with van der Waals surface area (Å²) in [6.45, 7) is 5.05. The molecule has 0 aromatic heterocycles. The van der Waals surface area contributed by atoms with Crippen LogP contribution in [0, 0.1) is 11.8 Å². The number of carbonyl (C=O) groups excluding carboxylic acids is 1. The first-order chi connectivity index (χ1) is 8.47. The van der Waals surface area contributed by atoms with Gasteiger partial charge in [0, 0.05) is 13.1 Å². The molecule has 6 nitrogen and oxygen atoms in total. The van der Waals surface area contributed by atoms with Crippen LogP contribution in [0.25, 0.3) is 0 Å². The van der Waals surface area contributed by atoms with E-state index in [0.717, 1.165) is 0 Å². The normalized spacial score (nSPS) is 22.0. The molecule has 0 spiro atoms. The smallest absolute Gasteiger partial charge is 0.328 e. The fraction of sp³-hybridized carbons (Fsp3) is 0.833. The third-order valence-electron chi connectivity index (χ3n) is 3.09. The molecule has 1 aliphatic rings. The number of ether oxygens (including phenoxy) is 1. The first-order valence-electron chi connectivity index (χ1n) is 6.28. The molecule has 1 saturated heterocycles. The van der Waals surface area contributed by atoms with Crippen LogP contribution in [0.3, 0.4) is 0 Å². The Morgan fingerprint density at radius 3 is 2.67 bits per heavy atom. The molecule has 0 radical (unpaired) electrons. The number of carbonyl (C=O) groups is 2. The van der Waals surface area contributed by atoms with Gasteiger partial charge in [0.1, 0.15) is 0 Å². The molecule has 0 bridgehead atoms. The van der Waals surface area contributed by atoms with Crippen LogP contribution in [-0.2, 0) is 14.3 Å². The fourth-order valence-electron chi connectivity index (χ4n) is 2.17. The zero-order valence-corrected chi connectivity index (χ0v) is 11.0. The second kappa shape index (κ2) is 6.70. The first kappa shape index (κ1) is 14.9. The Balaban J connectivity index is 2.75. The Morgan fingerprint density at radius 1 is 1.50 bits per heavy atom. The van der Waals surface area contributed by atoms with Crippen LogP contribution in [0.15, 0.2) is 0 Å². The Labute approximate surface area is 107 Å². The highest BCUT2D eigenvalue weighted by molar-refractivity contribution is 5.85. The number of morpholine rings is 1. The van der Waals surface area contributed by atoms with E-state index in [1.54, 1.807) is 0 Å². The minimum Gasteiger partial charge on any atom is -0.480 e. The maximum absolute atomic E-state index is 12.3. The minimum atomic E-state index is -1.02. The Bertz CT molecular complexity index is 306. The van der Waals surface area contributed by atoms with Gasteiger partial charge in [0.2, 0.25) is 5.91 Å². The second-order valence-corrected chi connectivity index (χ2v) is 5.02. The van der Waals surface area contributed by atoms with Gasteiger partial charge in [-0.2, -0.15) is 0 Å². The largest absolute Gasteiger partial charge is 0.480 e. The Morgan fingerprint density at radius 2 is 2.17 bits per heavy atom. The molecule has 2 atom stereocenters. The fourth-order valence-corrected chi connectivity index (χ4v) is 2.17. The average Bonchev–Trinajstić information content (AvgIpc) is 2.34. The van der Waals surface area contributed by atoms with E-state index in [2.05, 4.69) is 0 Å². The molecule has 2 unspecified atom stereocenters. The predicted molar refractivity (Wildman–Crippen MR) is 66.0 cm³/mol. The van der Waals surface area contributed by atoms with Crippen LogP contribution in [0.2, 0.25) is 0 Å². The van der Waals surface area contributed by atoms with Gasteiger partial charge in [-0.15, -0.1) is 0 Å². The van der Waals surface area contributed by atoms with Gasteiger partial charge in [0.05, 0.1) is 19.1 Å². The Hall–Kier alpha value is -1.14. The van der Waals surface area contributed by atoms with Gasteiger partial charge in [0.15, 0.2) is 6.04 Å². The maximum Gasteiger partial charge on any atom is 0.328 e. The predicted octanol–water partition coefficient (Wildman–Crippen LogP) is -0.0806. The van der Waals surface area contributed by atoms with E-state index >= 15 is 0 Å². The lowest BCUT2D eigenvalue weighted by atomic mass is 9.95. The second-order valence-electron chi connectivity index (χ2n) is 5.02. The van der Waals surface area contributed by atoms with Crippen molar-refractivity contribution in [2.45, 2.75) is 26.3 Å². The van der Waals surface area contributed by atoms with Crippen molar-refractivity contribution in [2.75, 3.05) is 26.3 Å². The molecule has 1 aliphatic heterocycles. The molecule has 0 aromatic carbocycles. The first-order valence-corrected chi connectivity index (χ1v) is 6.28. The number of hydrogen-bond donors (Lipinski definition) is 2. The standard InChI is InChI=1S/C12H22N2O4/c1-8(2)5-9(6-13)11(15)14-3-4-18-7-10(14)12(16)17/h8-10H,3-7,13H2,1-2H3,(H,16,17). The molecule has 3 N–H and O–H groups in total. The van der Waals surface area contributed by atoms with E-state index in [-0.39, 0.29) is 25.0 Å². The summed E-state index contributed by atoms with van der Waals surface area (Å²) in [6, 6.07) is -0.882. The van der Waals surface area contributed by atoms with E-state index in [9.17, 15) is 9.59 Å². The summed E-state index contributed by atoms with van der Waals surface area (Å²) in [5, 5.41) is 9.09. The highest BCUT2D eigenvalue weighted by Gasteiger charge is 2.35. The van der Waals surface area contributed by atoms with Crippen LogP contribution >= 0.6 is 0 Å². The van der Waals surface area contributed by atoms with Crippen molar-refractivity contribution in [2.24, 2.45) is 17.6 Å². The lowest BCUT2D eigenvalue weighted by Crippen LogP contribution is -2.55. The number of nitrogens with zero attached hydrogens (tertiary/aromatic N) is 1. The highest BCUT2D eigenvalue weighted by Crippen LogP contribution is 2.17. The number of carboxylic acid groups (broad SMARTS) is 1. The summed E-state index contributed by atoms with van der Waals surface area (Å²) < 4.78 is 5.11. The molecule has 0 aromatic rings. The monoisotopic (exact) mass is 258 g/mol. The molecule has 1 heterocycles. The van der Waals surface area contributed by atoms with Gasteiger partial charge in [-0.25, -0.2) is 4.79 Å². The van der Waals surface area contributed by atoms with Crippen molar-refractivity contribution in [1.82, 2.24) is 4.90 Å². The molecule has 0 aliphatic carbocycles. The third-order valence-corrected chi connectivity index (χ3v) is 3.09. The lowest BCUT2D eigenvalue weighted by molar-refractivity contribution is -0.160. The lowest BCUT2D eigenvalue weighted by Gasteiger charge is -2.35. The number of aliphatic carboxylic acids is 1. The van der Waals surface area contributed by atoms with Crippen molar-refractivity contribution in [3.63, 3.8) is 0 Å². The molecule has 18 heavy (non-hydrogen) atoms. The van der Waals surface area contributed by atoms with Crippen molar-refractivity contribution < 1.29 is 19.4 Å². The van der Waals surface area contributed by atoms with Gasteiger partial charge < -0.3 is 20.5 Å². The summed E-state index contributed by atoms with van der Waals surface area (Å²) in [5.41, 5.74) is 5.62. The summed E-state index contributed by atoms with van der Waals surface area (Å²) in [4.78, 5) is 24.8. The van der Waals surface area contributed by atoms with E-state index in [0.29, 0.717) is 25.5 Å². The van der Waals surface area contributed by atoms with Gasteiger partial charge in [0.25, 0.3) is 0 Å². The molecular weight excluding hydrogens is 236 g/mol. The maximum atomic E-state index is 12.3. The van der Waals surface area contributed by atoms with Crippen molar-refractivity contribution in [3.05, 3.63) is 0 Å². The number of amides is 1. The quantitative estimate of drug-likeness (QED) is 0.719. The van der Waals surface area contributed by atoms with Crippen LogP contribution in [0.5, 0.6) is 0 Å². The molecule has 0 saturated carbocycles. The zero-order valence-electron chi connectivity index (χ0n) is 11.0. The third kappa shape index (κ3) is 3.68. The Kier molecular flexibility index (Phi) is 5.55. The summed E-state index contributed by atoms with van der Waals surface area (Å²) in [7, 11) is 0. The minimum absolute atomic E-state index is 0.0556. The summed E-state index contributed by atoms with van der Waals surface area (Å²) in [5.74, 6) is -1.14. The van der Waals surface area contributed by atoms with Gasteiger partial charge in [-0.3, -0.25) is 4.79 Å². The van der Waals surface area contributed by atoms with Gasteiger partial charge >= 0.3 is 5.97 Å². The van der Waals surface area contributed by atoms with Gasteiger partial charge in [-0.1, -0.05) is 13.8 Å². The number of rotatable bonds is 5. The number of hydrogen-bond acceptors (Lipinski definition) is 4. The van der Waals surface area contributed by atoms with E-state index in [1.807, 2.05) is 13.8 Å². The molecule has 1 rings (SSSR count). The van der Waals surface area contributed by atoms with Crippen LogP contribution in [0.1, 0.15) is 20.3 Å². The summed E-state index contributed by atoms with van der Waals surface area (Å²) >= 11 is 0. The van der Waals surface area contributed by atoms with Crippen molar-refractivity contribution in [1.29, 1.82) is 0 Å². The highest BCUT2D eigenvalue weighted by atomic mass is 16.5. The molecule has 104 valence electrons. The van der Waals surface area contributed by atoms with Crippen LogP contribution in [0.4, 0.5) is 0 Å². The molecular formula is C12H22N2O4. The van der Waals surface area contributed by atoms with Gasteiger partial charge in [-0.05, 0) is 12.3 Å².